The monoisotopic (exact) mass is 644 g/mol. The number of hydrogen-bond acceptors (Lipinski definition) is 10. The summed E-state index contributed by atoms with van der Waals surface area (Å²) in [6.07, 6.45) is 0. The van der Waals surface area contributed by atoms with E-state index < -0.39 is 57.5 Å². The fraction of sp³-hybridized carbons (Fsp3) is 0. The van der Waals surface area contributed by atoms with Gasteiger partial charge in [-0.15, -0.1) is 0 Å². The van der Waals surface area contributed by atoms with Gasteiger partial charge in [-0.3, -0.25) is 0 Å². The Morgan fingerprint density at radius 3 is 1.23 bits per heavy atom. The van der Waals surface area contributed by atoms with Gasteiger partial charge in [0.1, 0.15) is 11.0 Å². The molecule has 0 aliphatic rings. The Morgan fingerprint density at radius 2 is 0.688 bits per heavy atom. The molecule has 238 valence electrons. The lowest BCUT2D eigenvalue weighted by atomic mass is 10.0. The lowest BCUT2D eigenvalue weighted by Crippen LogP contribution is -2.01. The van der Waals surface area contributed by atoms with E-state index in [2.05, 4.69) is 0 Å². The minimum absolute atomic E-state index is 0.0473. The average Bonchev–Trinajstić information content (AvgIpc) is 3.66. The fourth-order valence-corrected chi connectivity index (χ4v) is 6.72. The van der Waals surface area contributed by atoms with Gasteiger partial charge in [-0.1, -0.05) is 66.7 Å². The Morgan fingerprint density at radius 1 is 0.312 bits per heavy atom. The third-order valence-electron chi connectivity index (χ3n) is 8.78. The van der Waals surface area contributed by atoms with Crippen molar-refractivity contribution in [2.45, 2.75) is 0 Å². The normalized spacial score (nSPS) is 11.8. The number of para-hydroxylation sites is 2. The van der Waals surface area contributed by atoms with Gasteiger partial charge in [0.25, 0.3) is 0 Å². The number of aromatic nitrogens is 2. The molecule has 0 bridgehead atoms. The molecule has 12 nitrogen and oxygen atoms in total. The van der Waals surface area contributed by atoms with Gasteiger partial charge in [-0.25, -0.2) is 0 Å². The van der Waals surface area contributed by atoms with Crippen LogP contribution in [0.4, 0.5) is 0 Å². The van der Waals surface area contributed by atoms with Gasteiger partial charge in [0.05, 0.1) is 38.3 Å². The number of phenols is 10. The summed E-state index contributed by atoms with van der Waals surface area (Å²) in [6.45, 7) is 0. The first-order valence-electron chi connectivity index (χ1n) is 14.5. The van der Waals surface area contributed by atoms with Gasteiger partial charge in [-0.2, -0.15) is 0 Å². The first-order valence-corrected chi connectivity index (χ1v) is 14.5. The quantitative estimate of drug-likeness (QED) is 0.0735. The molecule has 0 spiro atoms. The minimum Gasteiger partial charge on any atom is -0.504 e. The topological polar surface area (TPSA) is 212 Å². The molecule has 0 unspecified atom stereocenters. The van der Waals surface area contributed by atoms with Gasteiger partial charge < -0.3 is 60.2 Å². The number of rotatable bonds is 3. The molecule has 6 aromatic carbocycles. The van der Waals surface area contributed by atoms with Crippen LogP contribution < -0.4 is 0 Å². The molecule has 0 saturated carbocycles. The summed E-state index contributed by atoms with van der Waals surface area (Å²) in [5.74, 6) is -9.67. The van der Waals surface area contributed by atoms with Crippen molar-refractivity contribution in [1.82, 2.24) is 9.13 Å². The van der Waals surface area contributed by atoms with E-state index in [4.69, 9.17) is 0 Å². The van der Waals surface area contributed by atoms with Crippen molar-refractivity contribution in [3.63, 3.8) is 0 Å². The maximum absolute atomic E-state index is 11.7. The molecule has 0 saturated heterocycles. The second-order valence-electron chi connectivity index (χ2n) is 11.3. The first kappa shape index (κ1) is 28.4. The van der Waals surface area contributed by atoms with E-state index in [0.717, 1.165) is 0 Å². The molecule has 0 amide bonds. The Balaban J connectivity index is 1.79. The van der Waals surface area contributed by atoms with Crippen LogP contribution in [0.2, 0.25) is 0 Å². The maximum Gasteiger partial charge on any atom is 0.206 e. The molecule has 0 atom stereocenters. The number of benzene rings is 6. The second kappa shape index (κ2) is 9.71. The average molecular weight is 645 g/mol. The van der Waals surface area contributed by atoms with E-state index in [1.165, 1.54) is 9.13 Å². The Kier molecular flexibility index (Phi) is 5.74. The van der Waals surface area contributed by atoms with Crippen LogP contribution in [0.5, 0.6) is 57.5 Å². The van der Waals surface area contributed by atoms with E-state index in [1.807, 2.05) is 30.3 Å². The summed E-state index contributed by atoms with van der Waals surface area (Å²) in [7, 11) is 0. The zero-order chi connectivity index (χ0) is 33.8. The lowest BCUT2D eigenvalue weighted by molar-refractivity contribution is 0.350. The second-order valence-corrected chi connectivity index (χ2v) is 11.3. The van der Waals surface area contributed by atoms with Gasteiger partial charge in [-0.05, 0) is 23.8 Å². The van der Waals surface area contributed by atoms with Crippen molar-refractivity contribution in [2.24, 2.45) is 0 Å². The zero-order valence-electron chi connectivity index (χ0n) is 24.4. The van der Waals surface area contributed by atoms with Crippen LogP contribution in [0, 0.1) is 0 Å². The van der Waals surface area contributed by atoms with E-state index >= 15 is 0 Å². The molecule has 0 radical (unpaired) electrons. The molecule has 0 aliphatic heterocycles. The van der Waals surface area contributed by atoms with Crippen molar-refractivity contribution in [1.29, 1.82) is 0 Å². The van der Waals surface area contributed by atoms with Crippen molar-refractivity contribution < 1.29 is 51.1 Å². The summed E-state index contributed by atoms with van der Waals surface area (Å²) in [4.78, 5) is 0. The molecule has 12 heteroatoms. The number of aromatic hydroxyl groups is 10. The SMILES string of the molecule is Oc1c(O)c(O)c2c(c1O)c1c(O)c(O)c3c4c(O)c(O)c(O)c(O)c4n(-c4ccccc4-c4ccccc4)c3c1n2-c1ccccc1. The summed E-state index contributed by atoms with van der Waals surface area (Å²) < 4.78 is 2.75. The van der Waals surface area contributed by atoms with Gasteiger partial charge in [0, 0.05) is 11.3 Å². The minimum atomic E-state index is -1.09. The van der Waals surface area contributed by atoms with E-state index in [9.17, 15) is 51.1 Å². The highest BCUT2D eigenvalue weighted by atomic mass is 16.4. The summed E-state index contributed by atoms with van der Waals surface area (Å²) in [6, 6.07) is 24.3. The van der Waals surface area contributed by atoms with Crippen LogP contribution in [0.1, 0.15) is 0 Å². The Bertz CT molecular complexity index is 2660. The predicted molar refractivity (Wildman–Crippen MR) is 177 cm³/mol. The van der Waals surface area contributed by atoms with Crippen LogP contribution in [0.15, 0.2) is 84.9 Å². The Labute approximate surface area is 268 Å². The third kappa shape index (κ3) is 3.42. The van der Waals surface area contributed by atoms with Crippen LogP contribution in [0.3, 0.4) is 0 Å². The highest BCUT2D eigenvalue weighted by molar-refractivity contribution is 6.31. The molecule has 0 fully saturated rings. The largest absolute Gasteiger partial charge is 0.504 e. The van der Waals surface area contributed by atoms with E-state index in [1.54, 1.807) is 54.6 Å². The predicted octanol–water partition coefficient (Wildman–Crippen LogP) is 6.60. The molecule has 2 aromatic heterocycles. The summed E-state index contributed by atoms with van der Waals surface area (Å²) in [5.41, 5.74) is 1.28. The lowest BCUT2D eigenvalue weighted by Gasteiger charge is -2.17. The number of phenolic OH excluding ortho intramolecular Hbond substituents is 10. The van der Waals surface area contributed by atoms with Gasteiger partial charge in [0.2, 0.25) is 23.0 Å². The maximum atomic E-state index is 11.7. The van der Waals surface area contributed by atoms with Crippen molar-refractivity contribution >= 4 is 43.6 Å². The Hall–Kier alpha value is -7.08. The third-order valence-corrected chi connectivity index (χ3v) is 8.78. The molecule has 10 N–H and O–H groups in total. The van der Waals surface area contributed by atoms with E-state index in [-0.39, 0.29) is 43.6 Å². The highest BCUT2D eigenvalue weighted by Crippen LogP contribution is 2.61. The van der Waals surface area contributed by atoms with Crippen LogP contribution in [-0.2, 0) is 0 Å². The van der Waals surface area contributed by atoms with Gasteiger partial charge >= 0.3 is 0 Å². The number of fused-ring (bicyclic) bond motifs is 7. The molecule has 8 rings (SSSR count). The van der Waals surface area contributed by atoms with Crippen molar-refractivity contribution in [3.8, 4) is 80.0 Å². The van der Waals surface area contributed by atoms with Crippen molar-refractivity contribution in [3.05, 3.63) is 84.9 Å². The number of hydrogen-bond donors (Lipinski definition) is 10. The molecular formula is C36H24N2O10. The smallest absolute Gasteiger partial charge is 0.206 e. The highest BCUT2D eigenvalue weighted by Gasteiger charge is 2.35. The van der Waals surface area contributed by atoms with Crippen LogP contribution in [0.25, 0.3) is 66.1 Å². The number of nitrogens with zero attached hydrogens (tertiary/aromatic N) is 2. The standard InChI is InChI=1S/C36H24N2O10/c39-27-19-21-25(31(43)35(47)33(45)29(21)41)37(16-11-5-2-6-12-16)23(19)24-20(28(27)40)22-26(32(44)36(48)34(46)30(22)42)38(24)18-14-8-7-13-17(18)15-9-3-1-4-10-15/h1-14,39-48H. The van der Waals surface area contributed by atoms with Crippen LogP contribution >= 0.6 is 0 Å². The van der Waals surface area contributed by atoms with E-state index in [0.29, 0.717) is 22.5 Å². The molecule has 48 heavy (non-hydrogen) atoms. The fourth-order valence-electron chi connectivity index (χ4n) is 6.72. The molecule has 8 aromatic rings. The summed E-state index contributed by atoms with van der Waals surface area (Å²) >= 11 is 0. The summed E-state index contributed by atoms with van der Waals surface area (Å²) in [5, 5.41) is 110. The van der Waals surface area contributed by atoms with Crippen molar-refractivity contribution in [2.75, 3.05) is 0 Å². The van der Waals surface area contributed by atoms with Gasteiger partial charge in [0.15, 0.2) is 34.5 Å². The molecule has 0 aliphatic carbocycles. The molecule has 2 heterocycles. The molecular weight excluding hydrogens is 620 g/mol. The van der Waals surface area contributed by atoms with Crippen LogP contribution in [-0.4, -0.2) is 60.2 Å². The first-order chi connectivity index (χ1) is 23.1. The zero-order valence-corrected chi connectivity index (χ0v) is 24.4.